The summed E-state index contributed by atoms with van der Waals surface area (Å²) in [5.41, 5.74) is -1.03. The molecule has 1 aromatic rings. The third kappa shape index (κ3) is 6.30. The molecule has 0 aromatic carbocycles. The second-order valence-electron chi connectivity index (χ2n) is 4.54. The summed E-state index contributed by atoms with van der Waals surface area (Å²) in [5, 5.41) is 0. The fourth-order valence-corrected chi connectivity index (χ4v) is 1.52. The van der Waals surface area contributed by atoms with Crippen molar-refractivity contribution < 1.29 is 23.8 Å². The number of H-pyrrole nitrogens is 1. The highest BCUT2D eigenvalue weighted by molar-refractivity contribution is 5.66. The largest absolute Gasteiger partial charge is 0.463 e. The number of aromatic amines is 1. The van der Waals surface area contributed by atoms with Gasteiger partial charge >= 0.3 is 17.6 Å². The molecule has 0 unspecified atom stereocenters. The van der Waals surface area contributed by atoms with Crippen LogP contribution in [0.5, 0.6) is 0 Å². The summed E-state index contributed by atoms with van der Waals surface area (Å²) in [4.78, 5) is 46.9. The van der Waals surface area contributed by atoms with Gasteiger partial charge < -0.3 is 14.2 Å². The van der Waals surface area contributed by atoms with Crippen molar-refractivity contribution in [2.45, 2.75) is 26.7 Å². The molecular formula is C14H18N2O7. The van der Waals surface area contributed by atoms with Gasteiger partial charge in [0, 0.05) is 20.0 Å². The van der Waals surface area contributed by atoms with Crippen molar-refractivity contribution in [1.29, 1.82) is 0 Å². The van der Waals surface area contributed by atoms with Crippen LogP contribution in [-0.2, 0) is 30.5 Å². The average Bonchev–Trinajstić information content (AvgIpc) is 2.47. The predicted octanol–water partition coefficient (Wildman–Crippen LogP) is -0.351. The van der Waals surface area contributed by atoms with Crippen LogP contribution in [0.4, 0.5) is 0 Å². The number of hydrogen-bond acceptors (Lipinski definition) is 7. The number of rotatable bonds is 8. The highest BCUT2D eigenvalue weighted by Gasteiger charge is 2.14. The molecule has 0 saturated heterocycles. The molecule has 126 valence electrons. The van der Waals surface area contributed by atoms with Crippen molar-refractivity contribution in [3.8, 4) is 0 Å². The smallest absolute Gasteiger partial charge is 0.330 e. The van der Waals surface area contributed by atoms with E-state index < -0.39 is 29.3 Å². The Bertz CT molecular complexity index is 671. The van der Waals surface area contributed by atoms with Crippen molar-refractivity contribution >= 4 is 18.0 Å². The summed E-state index contributed by atoms with van der Waals surface area (Å²) in [7, 11) is 0. The van der Waals surface area contributed by atoms with Gasteiger partial charge in [0.1, 0.15) is 26.0 Å². The van der Waals surface area contributed by atoms with Gasteiger partial charge in [-0.1, -0.05) is 12.7 Å². The molecule has 1 N–H and O–H groups in total. The fraction of sp³-hybridized carbons (Fsp3) is 0.429. The van der Waals surface area contributed by atoms with Crippen LogP contribution in [0.1, 0.15) is 19.4 Å². The van der Waals surface area contributed by atoms with Crippen LogP contribution in [0.3, 0.4) is 0 Å². The highest BCUT2D eigenvalue weighted by Crippen LogP contribution is 1.99. The van der Waals surface area contributed by atoms with E-state index in [1.54, 1.807) is 0 Å². The Morgan fingerprint density at radius 2 is 1.83 bits per heavy atom. The van der Waals surface area contributed by atoms with Crippen LogP contribution in [0.15, 0.2) is 22.4 Å². The number of carbonyl (C=O) groups is 2. The molecule has 0 aliphatic heterocycles. The molecule has 1 rings (SSSR count). The SMILES string of the molecule is C=Cc1cn(COC(COC(C)=O)COC(C)=O)c(=O)[nH]c1=O. The molecule has 0 bridgehead atoms. The van der Waals surface area contributed by atoms with E-state index in [-0.39, 0.29) is 25.5 Å². The normalized spacial score (nSPS) is 10.4. The second kappa shape index (κ2) is 8.69. The number of nitrogens with one attached hydrogen (secondary N) is 1. The minimum Gasteiger partial charge on any atom is -0.463 e. The van der Waals surface area contributed by atoms with Crippen molar-refractivity contribution in [1.82, 2.24) is 9.55 Å². The van der Waals surface area contributed by atoms with Gasteiger partial charge in [0.05, 0.1) is 5.56 Å². The molecule has 0 spiro atoms. The maximum atomic E-state index is 11.7. The zero-order valence-electron chi connectivity index (χ0n) is 12.9. The molecule has 0 saturated carbocycles. The van der Waals surface area contributed by atoms with E-state index in [4.69, 9.17) is 14.2 Å². The maximum absolute atomic E-state index is 11.7. The molecule has 0 atom stereocenters. The predicted molar refractivity (Wildman–Crippen MR) is 79.6 cm³/mol. The summed E-state index contributed by atoms with van der Waals surface area (Å²) in [6, 6.07) is 0. The van der Waals surface area contributed by atoms with Gasteiger partial charge in [-0.15, -0.1) is 0 Å². The second-order valence-corrected chi connectivity index (χ2v) is 4.54. The van der Waals surface area contributed by atoms with Crippen LogP contribution in [0.25, 0.3) is 6.08 Å². The number of aromatic nitrogens is 2. The number of ether oxygens (including phenoxy) is 3. The summed E-state index contributed by atoms with van der Waals surface area (Å²) in [6.45, 7) is 5.40. The van der Waals surface area contributed by atoms with Crippen molar-refractivity contribution in [2.75, 3.05) is 13.2 Å². The van der Waals surface area contributed by atoms with Gasteiger partial charge in [-0.2, -0.15) is 0 Å². The van der Waals surface area contributed by atoms with Gasteiger partial charge in [0.25, 0.3) is 5.56 Å². The first-order chi connectivity index (χ1) is 10.8. The van der Waals surface area contributed by atoms with Crippen LogP contribution in [0.2, 0.25) is 0 Å². The molecule has 1 heterocycles. The summed E-state index contributed by atoms with van der Waals surface area (Å²) in [6.07, 6.45) is 1.82. The van der Waals surface area contributed by atoms with Gasteiger partial charge in [0.2, 0.25) is 0 Å². The summed E-state index contributed by atoms with van der Waals surface area (Å²) in [5.74, 6) is -1.03. The van der Waals surface area contributed by atoms with Gasteiger partial charge in [0.15, 0.2) is 0 Å². The first kappa shape index (κ1) is 18.4. The fourth-order valence-electron chi connectivity index (χ4n) is 1.52. The molecule has 9 heteroatoms. The van der Waals surface area contributed by atoms with Crippen molar-refractivity contribution in [2.24, 2.45) is 0 Å². The summed E-state index contributed by atoms with van der Waals surface area (Å²) < 4.78 is 16.1. The zero-order chi connectivity index (χ0) is 17.4. The number of nitrogens with zero attached hydrogens (tertiary/aromatic N) is 1. The molecule has 0 fully saturated rings. The maximum Gasteiger partial charge on any atom is 0.330 e. The van der Waals surface area contributed by atoms with E-state index >= 15 is 0 Å². The molecular weight excluding hydrogens is 308 g/mol. The summed E-state index contributed by atoms with van der Waals surface area (Å²) >= 11 is 0. The van der Waals surface area contributed by atoms with E-state index in [2.05, 4.69) is 11.6 Å². The Kier molecular flexibility index (Phi) is 6.94. The molecule has 23 heavy (non-hydrogen) atoms. The van der Waals surface area contributed by atoms with Crippen LogP contribution in [0, 0.1) is 0 Å². The van der Waals surface area contributed by atoms with Crippen LogP contribution < -0.4 is 11.2 Å². The molecule has 1 aromatic heterocycles. The molecule has 0 radical (unpaired) electrons. The van der Waals surface area contributed by atoms with Crippen molar-refractivity contribution in [3.63, 3.8) is 0 Å². The molecule has 0 amide bonds. The monoisotopic (exact) mass is 326 g/mol. The standard InChI is InChI=1S/C14H18N2O7/c1-4-11-5-16(14(20)15-13(11)19)8-23-12(6-21-9(2)17)7-22-10(3)18/h4-5,12H,1,6-8H2,2-3H3,(H,15,19,20). The van der Waals surface area contributed by atoms with Crippen LogP contribution >= 0.6 is 0 Å². The van der Waals surface area contributed by atoms with E-state index in [0.29, 0.717) is 0 Å². The molecule has 0 aliphatic carbocycles. The lowest BCUT2D eigenvalue weighted by Crippen LogP contribution is -2.34. The zero-order valence-corrected chi connectivity index (χ0v) is 12.9. The highest BCUT2D eigenvalue weighted by atomic mass is 16.6. The van der Waals surface area contributed by atoms with Gasteiger partial charge in [-0.3, -0.25) is 23.9 Å². The van der Waals surface area contributed by atoms with Gasteiger partial charge in [-0.25, -0.2) is 4.79 Å². The minimum atomic E-state index is -0.756. The molecule has 0 aliphatic rings. The first-order valence-electron chi connectivity index (χ1n) is 6.68. The first-order valence-corrected chi connectivity index (χ1v) is 6.68. The number of esters is 2. The average molecular weight is 326 g/mol. The Morgan fingerprint density at radius 3 is 2.30 bits per heavy atom. The Hall–Kier alpha value is -2.68. The number of hydrogen-bond donors (Lipinski definition) is 1. The third-order valence-corrected chi connectivity index (χ3v) is 2.65. The van der Waals surface area contributed by atoms with Crippen LogP contribution in [-0.4, -0.2) is 40.8 Å². The van der Waals surface area contributed by atoms with Crippen molar-refractivity contribution in [3.05, 3.63) is 39.2 Å². The Morgan fingerprint density at radius 1 is 1.26 bits per heavy atom. The van der Waals surface area contributed by atoms with E-state index in [1.165, 1.54) is 26.1 Å². The number of carbonyl (C=O) groups excluding carboxylic acids is 2. The van der Waals surface area contributed by atoms with Gasteiger partial charge in [-0.05, 0) is 0 Å². The lowest BCUT2D eigenvalue weighted by molar-refractivity contribution is -0.154. The third-order valence-electron chi connectivity index (χ3n) is 2.65. The minimum absolute atomic E-state index is 0.144. The van der Waals surface area contributed by atoms with E-state index in [0.717, 1.165) is 4.57 Å². The lowest BCUT2D eigenvalue weighted by Gasteiger charge is -2.18. The Balaban J connectivity index is 2.78. The Labute approximate surface area is 131 Å². The quantitative estimate of drug-likeness (QED) is 0.649. The molecule has 9 nitrogen and oxygen atoms in total. The lowest BCUT2D eigenvalue weighted by atomic mass is 10.3. The van der Waals surface area contributed by atoms with E-state index in [1.807, 2.05) is 0 Å². The topological polar surface area (TPSA) is 117 Å². The van der Waals surface area contributed by atoms with E-state index in [9.17, 15) is 19.2 Å².